The van der Waals surface area contributed by atoms with Crippen LogP contribution in [0, 0.1) is 0 Å². The lowest BCUT2D eigenvalue weighted by Gasteiger charge is -2.10. The zero-order valence-electron chi connectivity index (χ0n) is 16.7. The van der Waals surface area contributed by atoms with Crippen LogP contribution in [-0.4, -0.2) is 51.6 Å². The number of carbonyl (C=O) groups excluding carboxylic acids is 2. The van der Waals surface area contributed by atoms with Crippen molar-refractivity contribution in [3.8, 4) is 0 Å². The Morgan fingerprint density at radius 2 is 1.27 bits per heavy atom. The molecule has 22 heavy (non-hydrogen) atoms. The molecule has 0 saturated carbocycles. The Balaban J connectivity index is 3.13. The van der Waals surface area contributed by atoms with E-state index in [1.165, 1.54) is 0 Å². The molecule has 0 amide bonds. The monoisotopic (exact) mass is 314 g/mol. The van der Waals surface area contributed by atoms with Gasteiger partial charge in [0.1, 0.15) is 13.2 Å². The maximum Gasteiger partial charge on any atom is 0.339 e. The summed E-state index contributed by atoms with van der Waals surface area (Å²) in [7, 11) is 0. The number of carbonyl (C=O) groups is 2. The summed E-state index contributed by atoms with van der Waals surface area (Å²) in [6.07, 6.45) is 0. The molecule has 0 atom stereocenters. The van der Waals surface area contributed by atoms with Crippen LogP contribution in [0.25, 0.3) is 0 Å². The highest BCUT2D eigenvalue weighted by Crippen LogP contribution is 2.12. The minimum absolute atomic E-state index is 0.117. The van der Waals surface area contributed by atoms with Crippen LogP contribution >= 0.6 is 0 Å². The van der Waals surface area contributed by atoms with E-state index in [1.54, 1.807) is 13.8 Å². The fourth-order valence-electron chi connectivity index (χ4n) is 1.44. The molecule has 6 heteroatoms. The van der Waals surface area contributed by atoms with Gasteiger partial charge in [-0.25, -0.2) is 9.59 Å². The molecule has 0 spiro atoms. The van der Waals surface area contributed by atoms with Gasteiger partial charge in [-0.05, 0) is 25.9 Å². The molecule has 122 valence electrons. The molecule has 0 radical (unpaired) electrons. The van der Waals surface area contributed by atoms with Crippen LogP contribution in [0.4, 0.5) is 0 Å². The summed E-state index contributed by atoms with van der Waals surface area (Å²) in [6, 6.07) is -2.61. The quantitative estimate of drug-likeness (QED) is 0.486. The predicted molar refractivity (Wildman–Crippen MR) is 80.0 cm³/mol. The molecule has 0 saturated heterocycles. The Kier molecular flexibility index (Phi) is 6.16. The molecule has 0 N–H and O–H groups in total. The molecule has 0 heterocycles. The van der Waals surface area contributed by atoms with Crippen molar-refractivity contribution in [2.45, 2.75) is 13.8 Å². The second kappa shape index (κ2) is 10.8. The lowest BCUT2D eigenvalue weighted by molar-refractivity contribution is 0.0296. The molecule has 6 nitrogen and oxygen atoms in total. The maximum atomic E-state index is 12.3. The summed E-state index contributed by atoms with van der Waals surface area (Å²) in [5.74, 6) is -2.10. The van der Waals surface area contributed by atoms with Crippen molar-refractivity contribution in [2.75, 3.05) is 39.6 Å². The van der Waals surface area contributed by atoms with Gasteiger partial charge in [-0.15, -0.1) is 0 Å². The standard InChI is InChI=1S/C16H22O6/c1-3-19-9-11-21-15(17)13-7-5-6-8-14(13)16(18)22-12-10-20-4-2/h5-8H,3-4,9-12H2,1-2H3/i5D,6D,7D,8D. The third-order valence-electron chi connectivity index (χ3n) is 2.43. The smallest absolute Gasteiger partial charge is 0.339 e. The lowest BCUT2D eigenvalue weighted by atomic mass is 10.1. The fourth-order valence-corrected chi connectivity index (χ4v) is 1.44. The van der Waals surface area contributed by atoms with Crippen molar-refractivity contribution in [2.24, 2.45) is 0 Å². The SMILES string of the molecule is [2H]c1c([2H])c([2H])c(C(=O)OCCOCC)c(C(=O)OCCOCC)c1[2H]. The van der Waals surface area contributed by atoms with E-state index < -0.39 is 47.2 Å². The highest BCUT2D eigenvalue weighted by molar-refractivity contribution is 6.03. The second-order valence-corrected chi connectivity index (χ2v) is 3.92. The summed E-state index contributed by atoms with van der Waals surface area (Å²) in [6.45, 7) is 4.42. The van der Waals surface area contributed by atoms with Crippen molar-refractivity contribution < 1.29 is 34.0 Å². The summed E-state index contributed by atoms with van der Waals surface area (Å²) in [4.78, 5) is 24.6. The first-order valence-electron chi connectivity index (χ1n) is 8.96. The van der Waals surface area contributed by atoms with Crippen LogP contribution in [0.2, 0.25) is 0 Å². The highest BCUT2D eigenvalue weighted by Gasteiger charge is 2.18. The molecule has 0 aliphatic heterocycles. The number of rotatable bonds is 10. The normalized spacial score (nSPS) is 12.8. The predicted octanol–water partition coefficient (Wildman–Crippen LogP) is 2.07. The Hall–Kier alpha value is -1.92. The zero-order valence-corrected chi connectivity index (χ0v) is 12.7. The topological polar surface area (TPSA) is 71.1 Å². The van der Waals surface area contributed by atoms with E-state index in [1.807, 2.05) is 0 Å². The van der Waals surface area contributed by atoms with Crippen LogP contribution < -0.4 is 0 Å². The van der Waals surface area contributed by atoms with Crippen LogP contribution in [0.1, 0.15) is 40.0 Å². The van der Waals surface area contributed by atoms with Crippen molar-refractivity contribution in [1.29, 1.82) is 0 Å². The zero-order chi connectivity index (χ0) is 19.7. The van der Waals surface area contributed by atoms with Crippen molar-refractivity contribution in [1.82, 2.24) is 0 Å². The Labute approximate surface area is 135 Å². The minimum atomic E-state index is -1.05. The molecule has 0 unspecified atom stereocenters. The summed E-state index contributed by atoms with van der Waals surface area (Å²) in [5, 5.41) is 0. The van der Waals surface area contributed by atoms with Crippen LogP contribution in [0.15, 0.2) is 24.2 Å². The molecular formula is C16H22O6. The number of benzene rings is 1. The average Bonchev–Trinajstić information content (AvgIpc) is 2.63. The molecular weight excluding hydrogens is 288 g/mol. The van der Waals surface area contributed by atoms with Crippen LogP contribution in [0.5, 0.6) is 0 Å². The Morgan fingerprint density at radius 1 is 0.864 bits per heavy atom. The molecule has 0 aliphatic rings. The van der Waals surface area contributed by atoms with Crippen LogP contribution in [-0.2, 0) is 18.9 Å². The largest absolute Gasteiger partial charge is 0.460 e. The number of hydrogen-bond acceptors (Lipinski definition) is 6. The van der Waals surface area contributed by atoms with Gasteiger partial charge in [0, 0.05) is 13.2 Å². The lowest BCUT2D eigenvalue weighted by Crippen LogP contribution is -2.17. The van der Waals surface area contributed by atoms with Crippen molar-refractivity contribution in [3.05, 3.63) is 35.3 Å². The van der Waals surface area contributed by atoms with E-state index in [2.05, 4.69) is 0 Å². The average molecular weight is 314 g/mol. The molecule has 1 aromatic carbocycles. The van der Waals surface area contributed by atoms with Crippen LogP contribution in [0.3, 0.4) is 0 Å². The van der Waals surface area contributed by atoms with E-state index in [0.29, 0.717) is 13.2 Å². The maximum absolute atomic E-state index is 12.3. The van der Waals surface area contributed by atoms with Crippen molar-refractivity contribution in [3.63, 3.8) is 0 Å². The molecule has 0 aliphatic carbocycles. The summed E-state index contributed by atoms with van der Waals surface area (Å²) in [5.41, 5.74) is -1.12. The Bertz CT molecular complexity index is 595. The van der Waals surface area contributed by atoms with E-state index in [4.69, 9.17) is 24.4 Å². The van der Waals surface area contributed by atoms with Gasteiger partial charge < -0.3 is 18.9 Å². The van der Waals surface area contributed by atoms with Gasteiger partial charge in [0.2, 0.25) is 0 Å². The first-order valence-corrected chi connectivity index (χ1v) is 6.96. The Morgan fingerprint density at radius 3 is 1.64 bits per heavy atom. The van der Waals surface area contributed by atoms with E-state index >= 15 is 0 Å². The number of ether oxygens (including phenoxy) is 4. The first-order chi connectivity index (χ1) is 12.4. The number of hydrogen-bond donors (Lipinski definition) is 0. The third-order valence-corrected chi connectivity index (χ3v) is 2.43. The molecule has 0 aromatic heterocycles. The molecule has 0 bridgehead atoms. The van der Waals surface area contributed by atoms with Gasteiger partial charge in [-0.3, -0.25) is 0 Å². The third kappa shape index (κ3) is 6.24. The summed E-state index contributed by atoms with van der Waals surface area (Å²) >= 11 is 0. The summed E-state index contributed by atoms with van der Waals surface area (Å²) < 4.78 is 51.2. The van der Waals surface area contributed by atoms with Gasteiger partial charge in [0.05, 0.1) is 29.8 Å². The van der Waals surface area contributed by atoms with E-state index in [-0.39, 0.29) is 26.4 Å². The van der Waals surface area contributed by atoms with Gasteiger partial charge in [0.25, 0.3) is 0 Å². The van der Waals surface area contributed by atoms with Crippen molar-refractivity contribution >= 4 is 11.9 Å². The molecule has 0 fully saturated rings. The first kappa shape index (κ1) is 12.6. The van der Waals surface area contributed by atoms with Gasteiger partial charge in [-0.2, -0.15) is 0 Å². The van der Waals surface area contributed by atoms with E-state index in [0.717, 1.165) is 0 Å². The van der Waals surface area contributed by atoms with Gasteiger partial charge >= 0.3 is 11.9 Å². The molecule has 1 rings (SSSR count). The number of esters is 2. The molecule has 1 aromatic rings. The highest BCUT2D eigenvalue weighted by atomic mass is 16.6. The fraction of sp³-hybridized carbons (Fsp3) is 0.500. The van der Waals surface area contributed by atoms with Gasteiger partial charge in [-0.1, -0.05) is 12.1 Å². The second-order valence-electron chi connectivity index (χ2n) is 3.92. The minimum Gasteiger partial charge on any atom is -0.460 e. The van der Waals surface area contributed by atoms with E-state index in [9.17, 15) is 9.59 Å². The van der Waals surface area contributed by atoms with Gasteiger partial charge in [0.15, 0.2) is 0 Å².